The first-order chi connectivity index (χ1) is 9.01. The van der Waals surface area contributed by atoms with Gasteiger partial charge in [0, 0.05) is 11.9 Å². The molecule has 0 saturated carbocycles. The van der Waals surface area contributed by atoms with E-state index < -0.39 is 0 Å². The van der Waals surface area contributed by atoms with Crippen LogP contribution in [0.4, 0.5) is 5.13 Å². The van der Waals surface area contributed by atoms with Crippen molar-refractivity contribution in [2.24, 2.45) is 0 Å². The van der Waals surface area contributed by atoms with Crippen LogP contribution in [0.25, 0.3) is 0 Å². The summed E-state index contributed by atoms with van der Waals surface area (Å²) in [6, 6.07) is -0.0827. The molecule has 0 aromatic carbocycles. The zero-order chi connectivity index (χ0) is 14.0. The second-order valence-electron chi connectivity index (χ2n) is 4.04. The number of hydrogen-bond donors (Lipinski definition) is 2. The van der Waals surface area contributed by atoms with Crippen molar-refractivity contribution < 1.29 is 4.79 Å². The molecule has 0 aliphatic carbocycles. The Balaban J connectivity index is 2.08. The van der Waals surface area contributed by atoms with Crippen LogP contribution in [0.2, 0.25) is 0 Å². The highest BCUT2D eigenvalue weighted by atomic mass is 32.1. The minimum absolute atomic E-state index is 0.0827. The van der Waals surface area contributed by atoms with Gasteiger partial charge in [-0.15, -0.1) is 21.5 Å². The van der Waals surface area contributed by atoms with Crippen molar-refractivity contribution in [2.45, 2.75) is 26.8 Å². The molecule has 0 radical (unpaired) electrons. The van der Waals surface area contributed by atoms with Crippen molar-refractivity contribution in [2.75, 3.05) is 12.4 Å². The second-order valence-corrected chi connectivity index (χ2v) is 6.25. The Kier molecular flexibility index (Phi) is 4.11. The molecule has 0 aliphatic rings. The molecule has 102 valence electrons. The number of aromatic nitrogens is 3. The number of aryl methyl sites for hydroxylation is 2. The van der Waals surface area contributed by atoms with Crippen LogP contribution in [-0.4, -0.2) is 28.1 Å². The fraction of sp³-hybridized carbons (Fsp3) is 0.455. The van der Waals surface area contributed by atoms with Gasteiger partial charge >= 0.3 is 0 Å². The number of carbonyl (C=O) groups excluding carboxylic acids is 1. The molecule has 1 atom stereocenters. The number of nitrogens with zero attached hydrogens (tertiary/aromatic N) is 3. The highest BCUT2D eigenvalue weighted by molar-refractivity contribution is 7.17. The molecule has 1 amide bonds. The number of anilines is 1. The van der Waals surface area contributed by atoms with Crippen LogP contribution in [0.5, 0.6) is 0 Å². The van der Waals surface area contributed by atoms with Crippen molar-refractivity contribution in [1.82, 2.24) is 20.5 Å². The van der Waals surface area contributed by atoms with Gasteiger partial charge in [0.05, 0.1) is 16.7 Å². The second kappa shape index (κ2) is 5.62. The molecular weight excluding hydrogens is 282 g/mol. The first-order valence-corrected chi connectivity index (χ1v) is 7.40. The topological polar surface area (TPSA) is 79.8 Å². The summed E-state index contributed by atoms with van der Waals surface area (Å²) < 4.78 is 0. The smallest absolute Gasteiger partial charge is 0.282 e. The third-order valence-corrected chi connectivity index (χ3v) is 4.71. The lowest BCUT2D eigenvalue weighted by Crippen LogP contribution is -2.26. The van der Waals surface area contributed by atoms with Gasteiger partial charge in [-0.05, 0) is 20.8 Å². The summed E-state index contributed by atoms with van der Waals surface area (Å²) in [5.74, 6) is -0.211. The molecule has 8 heteroatoms. The molecule has 6 nitrogen and oxygen atoms in total. The zero-order valence-electron chi connectivity index (χ0n) is 11.1. The summed E-state index contributed by atoms with van der Waals surface area (Å²) in [5.41, 5.74) is 0.962. The zero-order valence-corrected chi connectivity index (χ0v) is 12.8. The molecule has 2 N–H and O–H groups in total. The highest BCUT2D eigenvalue weighted by Gasteiger charge is 2.18. The molecule has 0 bridgehead atoms. The first kappa shape index (κ1) is 13.9. The van der Waals surface area contributed by atoms with E-state index in [0.717, 1.165) is 15.6 Å². The Hall–Kier alpha value is -1.54. The van der Waals surface area contributed by atoms with Crippen LogP contribution in [-0.2, 0) is 0 Å². The Bertz CT molecular complexity index is 592. The average molecular weight is 297 g/mol. The van der Waals surface area contributed by atoms with Crippen LogP contribution in [0.15, 0.2) is 0 Å². The molecule has 0 saturated heterocycles. The van der Waals surface area contributed by atoms with Crippen LogP contribution >= 0.6 is 22.7 Å². The van der Waals surface area contributed by atoms with E-state index in [4.69, 9.17) is 0 Å². The largest absolute Gasteiger partial charge is 0.363 e. The number of amides is 1. The van der Waals surface area contributed by atoms with E-state index >= 15 is 0 Å². The summed E-state index contributed by atoms with van der Waals surface area (Å²) in [7, 11) is 1.74. The maximum absolute atomic E-state index is 12.0. The lowest BCUT2D eigenvalue weighted by Gasteiger charge is -2.11. The standard InChI is InChI=1S/C11H15N5OS2/c1-5-8(18-7(3)13-5)6(2)14-9(17)10-15-16-11(12-4)19-10/h6H,1-4H3,(H,12,16)(H,14,17). The number of thiazole rings is 1. The molecule has 19 heavy (non-hydrogen) atoms. The van der Waals surface area contributed by atoms with Gasteiger partial charge in [0.25, 0.3) is 5.91 Å². The van der Waals surface area contributed by atoms with E-state index in [-0.39, 0.29) is 11.9 Å². The molecule has 1 unspecified atom stereocenters. The van der Waals surface area contributed by atoms with Crippen molar-refractivity contribution in [3.63, 3.8) is 0 Å². The third-order valence-electron chi connectivity index (χ3n) is 2.51. The summed E-state index contributed by atoms with van der Waals surface area (Å²) >= 11 is 2.83. The van der Waals surface area contributed by atoms with Gasteiger partial charge in [0.2, 0.25) is 10.1 Å². The van der Waals surface area contributed by atoms with Gasteiger partial charge in [0.15, 0.2) is 0 Å². The van der Waals surface area contributed by atoms with E-state index in [1.807, 2.05) is 20.8 Å². The van der Waals surface area contributed by atoms with E-state index in [0.29, 0.717) is 10.1 Å². The van der Waals surface area contributed by atoms with Crippen molar-refractivity contribution in [3.05, 3.63) is 20.6 Å². The number of rotatable bonds is 4. The molecule has 2 aromatic rings. The van der Waals surface area contributed by atoms with Gasteiger partial charge in [-0.2, -0.15) is 0 Å². The Morgan fingerprint density at radius 2 is 2.00 bits per heavy atom. The van der Waals surface area contributed by atoms with Gasteiger partial charge in [0.1, 0.15) is 0 Å². The Morgan fingerprint density at radius 1 is 1.26 bits per heavy atom. The predicted molar refractivity (Wildman–Crippen MR) is 76.9 cm³/mol. The van der Waals surface area contributed by atoms with Crippen LogP contribution in [0.1, 0.15) is 38.3 Å². The summed E-state index contributed by atoms with van der Waals surface area (Å²) in [4.78, 5) is 17.5. The van der Waals surface area contributed by atoms with Crippen molar-refractivity contribution in [1.29, 1.82) is 0 Å². The maximum Gasteiger partial charge on any atom is 0.282 e. The molecule has 0 aliphatic heterocycles. The minimum atomic E-state index is -0.211. The average Bonchev–Trinajstić information content (AvgIpc) is 2.95. The maximum atomic E-state index is 12.0. The fourth-order valence-electron chi connectivity index (χ4n) is 1.69. The number of hydrogen-bond acceptors (Lipinski definition) is 7. The summed E-state index contributed by atoms with van der Waals surface area (Å²) in [5, 5.41) is 15.4. The Morgan fingerprint density at radius 3 is 2.53 bits per heavy atom. The van der Waals surface area contributed by atoms with Crippen LogP contribution in [0.3, 0.4) is 0 Å². The monoisotopic (exact) mass is 297 g/mol. The van der Waals surface area contributed by atoms with E-state index in [1.165, 1.54) is 11.3 Å². The minimum Gasteiger partial charge on any atom is -0.363 e. The predicted octanol–water partition coefficient (Wildman–Crippen LogP) is 2.14. The van der Waals surface area contributed by atoms with Gasteiger partial charge in [-0.25, -0.2) is 4.98 Å². The highest BCUT2D eigenvalue weighted by Crippen LogP contribution is 2.25. The number of carbonyl (C=O) groups is 1. The SMILES string of the molecule is CNc1nnc(C(=O)NC(C)c2sc(C)nc2C)s1. The van der Waals surface area contributed by atoms with E-state index in [2.05, 4.69) is 25.8 Å². The Labute approximate surface area is 119 Å². The van der Waals surface area contributed by atoms with Gasteiger partial charge in [-0.3, -0.25) is 4.79 Å². The lowest BCUT2D eigenvalue weighted by molar-refractivity contribution is 0.0939. The molecule has 0 fully saturated rings. The van der Waals surface area contributed by atoms with Gasteiger partial charge < -0.3 is 10.6 Å². The van der Waals surface area contributed by atoms with E-state index in [9.17, 15) is 4.79 Å². The van der Waals surface area contributed by atoms with E-state index in [1.54, 1.807) is 18.4 Å². The third kappa shape index (κ3) is 3.07. The van der Waals surface area contributed by atoms with Crippen molar-refractivity contribution in [3.8, 4) is 0 Å². The lowest BCUT2D eigenvalue weighted by atomic mass is 10.2. The molecule has 2 heterocycles. The molecule has 0 spiro atoms. The van der Waals surface area contributed by atoms with Crippen LogP contribution in [0, 0.1) is 13.8 Å². The fourth-order valence-corrected chi connectivity index (χ4v) is 3.22. The molecule has 2 rings (SSSR count). The molecule has 2 aromatic heterocycles. The van der Waals surface area contributed by atoms with Crippen molar-refractivity contribution >= 4 is 33.7 Å². The summed E-state index contributed by atoms with van der Waals surface area (Å²) in [6.07, 6.45) is 0. The van der Waals surface area contributed by atoms with Crippen LogP contribution < -0.4 is 10.6 Å². The number of nitrogens with one attached hydrogen (secondary N) is 2. The summed E-state index contributed by atoms with van der Waals surface area (Å²) in [6.45, 7) is 5.85. The van der Waals surface area contributed by atoms with Gasteiger partial charge in [-0.1, -0.05) is 11.3 Å². The first-order valence-electron chi connectivity index (χ1n) is 5.77. The molecular formula is C11H15N5OS2. The normalized spacial score (nSPS) is 12.2. The quantitative estimate of drug-likeness (QED) is 0.904.